The molecule has 1 aliphatic rings. The molecule has 0 heterocycles. The first-order valence-corrected chi connectivity index (χ1v) is 8.33. The highest BCUT2D eigenvalue weighted by Crippen LogP contribution is 2.25. The van der Waals surface area contributed by atoms with Crippen molar-refractivity contribution in [3.8, 4) is 0 Å². The van der Waals surface area contributed by atoms with Gasteiger partial charge in [-0.05, 0) is 44.4 Å². The maximum absolute atomic E-state index is 12.3. The number of hydrogen-bond acceptors (Lipinski definition) is 3. The normalized spacial score (nSPS) is 16.0. The van der Waals surface area contributed by atoms with Gasteiger partial charge in [0.05, 0.1) is 5.54 Å². The van der Waals surface area contributed by atoms with E-state index in [9.17, 15) is 9.59 Å². The SMILES string of the molecule is CC(C)(N)C(=O)NCc1cccc(NC(=O)C2CCCCC2)c1. The lowest BCUT2D eigenvalue weighted by molar-refractivity contribution is -0.125. The fourth-order valence-electron chi connectivity index (χ4n) is 2.78. The van der Waals surface area contributed by atoms with Crippen LogP contribution in [0, 0.1) is 5.92 Å². The summed E-state index contributed by atoms with van der Waals surface area (Å²) in [7, 11) is 0. The van der Waals surface area contributed by atoms with E-state index in [0.717, 1.165) is 36.9 Å². The Morgan fingerprint density at radius 3 is 2.57 bits per heavy atom. The van der Waals surface area contributed by atoms with Crippen LogP contribution in [0.1, 0.15) is 51.5 Å². The minimum atomic E-state index is -0.896. The number of nitrogens with two attached hydrogens (primary N) is 1. The van der Waals surface area contributed by atoms with Crippen LogP contribution < -0.4 is 16.4 Å². The highest BCUT2D eigenvalue weighted by Gasteiger charge is 2.22. The Labute approximate surface area is 138 Å². The summed E-state index contributed by atoms with van der Waals surface area (Å²) in [5, 5.41) is 5.80. The molecule has 0 unspecified atom stereocenters. The summed E-state index contributed by atoms with van der Waals surface area (Å²) in [6.45, 7) is 3.74. The summed E-state index contributed by atoms with van der Waals surface area (Å²) in [5.74, 6) is 0.0354. The van der Waals surface area contributed by atoms with Crippen LogP contribution in [0.15, 0.2) is 24.3 Å². The molecule has 5 nitrogen and oxygen atoms in total. The molecule has 0 bridgehead atoms. The van der Waals surface area contributed by atoms with Crippen LogP contribution in [0.4, 0.5) is 5.69 Å². The predicted molar refractivity (Wildman–Crippen MR) is 91.8 cm³/mol. The lowest BCUT2D eigenvalue weighted by Gasteiger charge is -2.21. The molecule has 0 radical (unpaired) electrons. The minimum Gasteiger partial charge on any atom is -0.350 e. The van der Waals surface area contributed by atoms with Crippen molar-refractivity contribution >= 4 is 17.5 Å². The average molecular weight is 317 g/mol. The van der Waals surface area contributed by atoms with Crippen molar-refractivity contribution in [2.24, 2.45) is 11.7 Å². The van der Waals surface area contributed by atoms with E-state index in [-0.39, 0.29) is 17.7 Å². The fraction of sp³-hybridized carbons (Fsp3) is 0.556. The molecule has 1 aromatic carbocycles. The van der Waals surface area contributed by atoms with Crippen molar-refractivity contribution in [2.75, 3.05) is 5.32 Å². The van der Waals surface area contributed by atoms with E-state index in [1.54, 1.807) is 13.8 Å². The zero-order valence-electron chi connectivity index (χ0n) is 14.0. The smallest absolute Gasteiger partial charge is 0.239 e. The molecule has 126 valence electrons. The molecule has 1 saturated carbocycles. The third kappa shape index (κ3) is 5.36. The summed E-state index contributed by atoms with van der Waals surface area (Å²) in [4.78, 5) is 24.1. The van der Waals surface area contributed by atoms with Crippen LogP contribution in [-0.4, -0.2) is 17.4 Å². The molecule has 0 saturated heterocycles. The van der Waals surface area contributed by atoms with Crippen LogP contribution in [0.5, 0.6) is 0 Å². The van der Waals surface area contributed by atoms with Crippen LogP contribution in [0.3, 0.4) is 0 Å². The zero-order valence-corrected chi connectivity index (χ0v) is 14.0. The van der Waals surface area contributed by atoms with Gasteiger partial charge in [-0.1, -0.05) is 31.4 Å². The molecule has 1 aromatic rings. The van der Waals surface area contributed by atoms with Crippen LogP contribution in [-0.2, 0) is 16.1 Å². The van der Waals surface area contributed by atoms with E-state index >= 15 is 0 Å². The largest absolute Gasteiger partial charge is 0.350 e. The van der Waals surface area contributed by atoms with Gasteiger partial charge in [-0.25, -0.2) is 0 Å². The molecule has 5 heteroatoms. The first kappa shape index (κ1) is 17.5. The Morgan fingerprint density at radius 2 is 1.91 bits per heavy atom. The molecule has 23 heavy (non-hydrogen) atoms. The second kappa shape index (κ2) is 7.59. The van der Waals surface area contributed by atoms with Crippen molar-refractivity contribution in [2.45, 2.75) is 58.0 Å². The molecule has 0 aromatic heterocycles. The molecular formula is C18H27N3O2. The van der Waals surface area contributed by atoms with Gasteiger partial charge in [-0.15, -0.1) is 0 Å². The van der Waals surface area contributed by atoms with Crippen molar-refractivity contribution in [3.63, 3.8) is 0 Å². The van der Waals surface area contributed by atoms with E-state index in [1.807, 2.05) is 24.3 Å². The first-order chi connectivity index (χ1) is 10.9. The molecular weight excluding hydrogens is 290 g/mol. The van der Waals surface area contributed by atoms with Gasteiger partial charge in [0.15, 0.2) is 0 Å². The number of carbonyl (C=O) groups excluding carboxylic acids is 2. The molecule has 1 fully saturated rings. The summed E-state index contributed by atoms with van der Waals surface area (Å²) >= 11 is 0. The molecule has 2 rings (SSSR count). The van der Waals surface area contributed by atoms with Crippen molar-refractivity contribution in [1.82, 2.24) is 5.32 Å². The highest BCUT2D eigenvalue weighted by molar-refractivity contribution is 5.92. The predicted octanol–water partition coefficient (Wildman–Crippen LogP) is 2.56. The number of anilines is 1. The van der Waals surface area contributed by atoms with Gasteiger partial charge in [0, 0.05) is 18.2 Å². The van der Waals surface area contributed by atoms with Crippen LogP contribution >= 0.6 is 0 Å². The second-order valence-electron chi connectivity index (χ2n) is 6.93. The number of hydrogen-bond donors (Lipinski definition) is 3. The van der Waals surface area contributed by atoms with Gasteiger partial charge < -0.3 is 16.4 Å². The van der Waals surface area contributed by atoms with Gasteiger partial charge >= 0.3 is 0 Å². The van der Waals surface area contributed by atoms with E-state index < -0.39 is 5.54 Å². The number of benzene rings is 1. The van der Waals surface area contributed by atoms with E-state index in [0.29, 0.717) is 6.54 Å². The lowest BCUT2D eigenvalue weighted by Crippen LogP contribution is -2.48. The minimum absolute atomic E-state index is 0.106. The Morgan fingerprint density at radius 1 is 1.22 bits per heavy atom. The van der Waals surface area contributed by atoms with Crippen LogP contribution in [0.2, 0.25) is 0 Å². The number of rotatable bonds is 5. The van der Waals surface area contributed by atoms with Crippen LogP contribution in [0.25, 0.3) is 0 Å². The Kier molecular flexibility index (Phi) is 5.77. The standard InChI is InChI=1S/C18H27N3O2/c1-18(2,19)17(23)20-12-13-7-6-10-15(11-13)21-16(22)14-8-4-3-5-9-14/h6-7,10-11,14H,3-5,8-9,12,19H2,1-2H3,(H,20,23)(H,21,22). The third-order valence-corrected chi connectivity index (χ3v) is 4.21. The van der Waals surface area contributed by atoms with Crippen molar-refractivity contribution < 1.29 is 9.59 Å². The van der Waals surface area contributed by atoms with E-state index in [4.69, 9.17) is 5.73 Å². The molecule has 1 aliphatic carbocycles. The third-order valence-electron chi connectivity index (χ3n) is 4.21. The maximum atomic E-state index is 12.3. The maximum Gasteiger partial charge on any atom is 0.239 e. The van der Waals surface area contributed by atoms with Gasteiger partial charge in [0.25, 0.3) is 0 Å². The number of carbonyl (C=O) groups is 2. The zero-order chi connectivity index (χ0) is 16.9. The average Bonchev–Trinajstić information content (AvgIpc) is 2.53. The monoisotopic (exact) mass is 317 g/mol. The summed E-state index contributed by atoms with van der Waals surface area (Å²) in [5.41, 5.74) is 6.57. The molecule has 2 amide bonds. The quantitative estimate of drug-likeness (QED) is 0.780. The molecule has 0 aliphatic heterocycles. The Balaban J connectivity index is 1.91. The van der Waals surface area contributed by atoms with Crippen molar-refractivity contribution in [1.29, 1.82) is 0 Å². The van der Waals surface area contributed by atoms with Gasteiger partial charge in [0.1, 0.15) is 0 Å². The highest BCUT2D eigenvalue weighted by atomic mass is 16.2. The van der Waals surface area contributed by atoms with Gasteiger partial charge in [0.2, 0.25) is 11.8 Å². The van der Waals surface area contributed by atoms with Gasteiger partial charge in [-0.3, -0.25) is 9.59 Å². The van der Waals surface area contributed by atoms with Crippen molar-refractivity contribution in [3.05, 3.63) is 29.8 Å². The fourth-order valence-corrected chi connectivity index (χ4v) is 2.78. The number of nitrogens with one attached hydrogen (secondary N) is 2. The molecule has 0 atom stereocenters. The Bertz CT molecular complexity index is 558. The summed E-state index contributed by atoms with van der Waals surface area (Å²) in [6.07, 6.45) is 5.47. The van der Waals surface area contributed by atoms with Gasteiger partial charge in [-0.2, -0.15) is 0 Å². The second-order valence-corrected chi connectivity index (χ2v) is 6.93. The topological polar surface area (TPSA) is 84.2 Å². The first-order valence-electron chi connectivity index (χ1n) is 8.33. The van der Waals surface area contributed by atoms with E-state index in [2.05, 4.69) is 10.6 Å². The molecule has 4 N–H and O–H groups in total. The summed E-state index contributed by atoms with van der Waals surface area (Å²) < 4.78 is 0. The lowest BCUT2D eigenvalue weighted by atomic mass is 9.88. The van der Waals surface area contributed by atoms with E-state index in [1.165, 1.54) is 6.42 Å². The molecule has 0 spiro atoms. The summed E-state index contributed by atoms with van der Waals surface area (Å²) in [6, 6.07) is 7.56. The Hall–Kier alpha value is -1.88. The number of amides is 2.